The molecule has 2 aromatic heterocycles. The highest BCUT2D eigenvalue weighted by atomic mass is 32.2. The predicted octanol–water partition coefficient (Wildman–Crippen LogP) is 1.48. The molecular formula is C15H21N5O2S2. The second-order valence-electron chi connectivity index (χ2n) is 6.00. The lowest BCUT2D eigenvalue weighted by molar-refractivity contribution is 0.164. The molecule has 0 aliphatic carbocycles. The maximum atomic E-state index is 11.7. The second kappa shape index (κ2) is 6.73. The van der Waals surface area contributed by atoms with Gasteiger partial charge in [0.2, 0.25) is 0 Å². The number of aromatic nitrogens is 4. The molecule has 3 rings (SSSR count). The highest BCUT2D eigenvalue weighted by Gasteiger charge is 2.32. The standard InChI is InChI=1S/C15H21N5O2S2/c1-3-19(13-6-9-24(21,22)10-13)11-20-15(23)18(2)14(17-20)12-4-7-16-8-5-12/h4-5,7-8,13H,3,6,9-11H2,1-2H3/t13-/m0/s1. The van der Waals surface area contributed by atoms with Crippen LogP contribution in [0.2, 0.25) is 0 Å². The fraction of sp³-hybridized carbons (Fsp3) is 0.533. The number of pyridine rings is 1. The molecule has 1 aliphatic heterocycles. The van der Waals surface area contributed by atoms with E-state index in [1.165, 1.54) is 0 Å². The van der Waals surface area contributed by atoms with Gasteiger partial charge in [0.1, 0.15) is 0 Å². The van der Waals surface area contributed by atoms with Crippen molar-refractivity contribution in [3.63, 3.8) is 0 Å². The zero-order chi connectivity index (χ0) is 17.3. The molecule has 2 aromatic rings. The molecule has 0 saturated carbocycles. The Balaban J connectivity index is 1.86. The van der Waals surface area contributed by atoms with Gasteiger partial charge in [-0.15, -0.1) is 0 Å². The van der Waals surface area contributed by atoms with E-state index in [9.17, 15) is 8.42 Å². The quantitative estimate of drug-likeness (QED) is 0.746. The Morgan fingerprint density at radius 2 is 2.08 bits per heavy atom. The first kappa shape index (κ1) is 17.2. The van der Waals surface area contributed by atoms with Crippen molar-refractivity contribution in [3.8, 4) is 11.4 Å². The Morgan fingerprint density at radius 1 is 1.38 bits per heavy atom. The Morgan fingerprint density at radius 3 is 2.67 bits per heavy atom. The van der Waals surface area contributed by atoms with Crippen LogP contribution in [0.1, 0.15) is 13.3 Å². The minimum absolute atomic E-state index is 0.0354. The summed E-state index contributed by atoms with van der Waals surface area (Å²) in [7, 11) is -1.02. The summed E-state index contributed by atoms with van der Waals surface area (Å²) >= 11 is 5.50. The molecule has 0 radical (unpaired) electrons. The summed E-state index contributed by atoms with van der Waals surface area (Å²) in [6.45, 7) is 3.28. The Hall–Kier alpha value is -1.58. The molecule has 0 spiro atoms. The van der Waals surface area contributed by atoms with Gasteiger partial charge in [0, 0.05) is 31.0 Å². The van der Waals surface area contributed by atoms with E-state index in [0.29, 0.717) is 17.9 Å². The van der Waals surface area contributed by atoms with E-state index >= 15 is 0 Å². The van der Waals surface area contributed by atoms with E-state index in [0.717, 1.165) is 17.9 Å². The van der Waals surface area contributed by atoms with Crippen LogP contribution in [0.3, 0.4) is 0 Å². The Bertz CT molecular complexity index is 873. The van der Waals surface area contributed by atoms with Crippen LogP contribution in [-0.4, -0.2) is 56.7 Å². The molecule has 1 saturated heterocycles. The van der Waals surface area contributed by atoms with E-state index in [-0.39, 0.29) is 17.5 Å². The van der Waals surface area contributed by atoms with Crippen LogP contribution in [-0.2, 0) is 23.6 Å². The van der Waals surface area contributed by atoms with Gasteiger partial charge >= 0.3 is 0 Å². The largest absolute Gasteiger partial charge is 0.303 e. The topological polar surface area (TPSA) is 73.0 Å². The average molecular weight is 368 g/mol. The molecule has 24 heavy (non-hydrogen) atoms. The van der Waals surface area contributed by atoms with E-state index < -0.39 is 9.84 Å². The van der Waals surface area contributed by atoms with Crippen molar-refractivity contribution in [3.05, 3.63) is 29.3 Å². The third-order valence-electron chi connectivity index (χ3n) is 4.43. The molecule has 9 heteroatoms. The Labute approximate surface area is 146 Å². The van der Waals surface area contributed by atoms with Crippen LogP contribution in [0.15, 0.2) is 24.5 Å². The molecule has 0 bridgehead atoms. The zero-order valence-electron chi connectivity index (χ0n) is 13.8. The highest BCUT2D eigenvalue weighted by molar-refractivity contribution is 7.91. The van der Waals surface area contributed by atoms with Crippen molar-refractivity contribution in [2.24, 2.45) is 7.05 Å². The molecule has 1 atom stereocenters. The van der Waals surface area contributed by atoms with E-state index in [1.807, 2.05) is 30.7 Å². The maximum absolute atomic E-state index is 11.7. The number of nitrogens with zero attached hydrogens (tertiary/aromatic N) is 5. The van der Waals surface area contributed by atoms with Gasteiger partial charge in [-0.1, -0.05) is 6.92 Å². The molecule has 0 amide bonds. The molecule has 7 nitrogen and oxygen atoms in total. The molecule has 0 unspecified atom stereocenters. The molecule has 3 heterocycles. The minimum Gasteiger partial charge on any atom is -0.303 e. The van der Waals surface area contributed by atoms with Crippen molar-refractivity contribution in [2.45, 2.75) is 26.1 Å². The highest BCUT2D eigenvalue weighted by Crippen LogP contribution is 2.20. The lowest BCUT2D eigenvalue weighted by Gasteiger charge is -2.25. The van der Waals surface area contributed by atoms with Gasteiger partial charge in [-0.05, 0) is 37.3 Å². The predicted molar refractivity (Wildman–Crippen MR) is 94.7 cm³/mol. The number of hydrogen-bond acceptors (Lipinski definition) is 6. The fourth-order valence-electron chi connectivity index (χ4n) is 3.04. The maximum Gasteiger partial charge on any atom is 0.199 e. The van der Waals surface area contributed by atoms with Crippen LogP contribution in [0.5, 0.6) is 0 Å². The fourth-order valence-corrected chi connectivity index (χ4v) is 4.99. The van der Waals surface area contributed by atoms with Crippen molar-refractivity contribution < 1.29 is 8.42 Å². The SMILES string of the molecule is CCN(Cn1nc(-c2ccncc2)n(C)c1=S)[C@H]1CCS(=O)(=O)C1. The first-order valence-corrected chi connectivity index (χ1v) is 10.1. The summed E-state index contributed by atoms with van der Waals surface area (Å²) < 4.78 is 27.7. The zero-order valence-corrected chi connectivity index (χ0v) is 15.4. The van der Waals surface area contributed by atoms with E-state index in [1.54, 1.807) is 17.1 Å². The van der Waals surface area contributed by atoms with Gasteiger partial charge in [0.15, 0.2) is 20.4 Å². The third kappa shape index (κ3) is 3.42. The van der Waals surface area contributed by atoms with Crippen LogP contribution < -0.4 is 0 Å². The molecule has 130 valence electrons. The van der Waals surface area contributed by atoms with Gasteiger partial charge in [-0.25, -0.2) is 13.1 Å². The molecular weight excluding hydrogens is 346 g/mol. The summed E-state index contributed by atoms with van der Waals surface area (Å²) in [6.07, 6.45) is 4.12. The van der Waals surface area contributed by atoms with Gasteiger partial charge in [-0.3, -0.25) is 9.88 Å². The summed E-state index contributed by atoms with van der Waals surface area (Å²) in [5.41, 5.74) is 0.948. The van der Waals surface area contributed by atoms with E-state index in [2.05, 4.69) is 15.0 Å². The van der Waals surface area contributed by atoms with Crippen LogP contribution >= 0.6 is 12.2 Å². The van der Waals surface area contributed by atoms with Crippen LogP contribution in [0.4, 0.5) is 0 Å². The molecule has 0 N–H and O–H groups in total. The lowest BCUT2D eigenvalue weighted by Crippen LogP contribution is -2.37. The number of hydrogen-bond donors (Lipinski definition) is 0. The normalized spacial score (nSPS) is 19.9. The van der Waals surface area contributed by atoms with E-state index in [4.69, 9.17) is 12.2 Å². The van der Waals surface area contributed by atoms with Crippen molar-refractivity contribution in [2.75, 3.05) is 18.1 Å². The second-order valence-corrected chi connectivity index (χ2v) is 8.60. The van der Waals surface area contributed by atoms with Crippen LogP contribution in [0.25, 0.3) is 11.4 Å². The average Bonchev–Trinajstić information content (AvgIpc) is 3.07. The van der Waals surface area contributed by atoms with Gasteiger partial charge in [0.05, 0.1) is 18.2 Å². The summed E-state index contributed by atoms with van der Waals surface area (Å²) in [4.78, 5) is 6.15. The third-order valence-corrected chi connectivity index (χ3v) is 6.66. The number of rotatable bonds is 5. The summed E-state index contributed by atoms with van der Waals surface area (Å²) in [5.74, 6) is 1.26. The molecule has 1 fully saturated rings. The van der Waals surface area contributed by atoms with Crippen LogP contribution in [0, 0.1) is 4.77 Å². The smallest absolute Gasteiger partial charge is 0.199 e. The molecule has 1 aliphatic rings. The van der Waals surface area contributed by atoms with Crippen molar-refractivity contribution in [1.82, 2.24) is 24.2 Å². The molecule has 0 aromatic carbocycles. The van der Waals surface area contributed by atoms with Gasteiger partial charge < -0.3 is 4.57 Å². The summed E-state index contributed by atoms with van der Waals surface area (Å²) in [6, 6.07) is 3.82. The van der Waals surface area contributed by atoms with Crippen molar-refractivity contribution >= 4 is 22.1 Å². The monoisotopic (exact) mass is 367 g/mol. The minimum atomic E-state index is -2.91. The first-order valence-electron chi connectivity index (χ1n) is 7.90. The lowest BCUT2D eigenvalue weighted by atomic mass is 10.2. The van der Waals surface area contributed by atoms with Gasteiger partial charge in [0.25, 0.3) is 0 Å². The summed E-state index contributed by atoms with van der Waals surface area (Å²) in [5, 5.41) is 4.63. The first-order chi connectivity index (χ1) is 11.4. The van der Waals surface area contributed by atoms with Gasteiger partial charge in [-0.2, -0.15) is 5.10 Å². The Kier molecular flexibility index (Phi) is 4.84. The van der Waals surface area contributed by atoms with Crippen molar-refractivity contribution in [1.29, 1.82) is 0 Å². The number of sulfone groups is 1.